The Morgan fingerprint density at radius 3 is 2.71 bits per heavy atom. The van der Waals surface area contributed by atoms with Crippen LogP contribution in [-0.4, -0.2) is 21.9 Å². The number of hydrogen-bond donors (Lipinski definition) is 2. The van der Waals surface area contributed by atoms with Gasteiger partial charge in [-0.15, -0.1) is 0 Å². The lowest BCUT2D eigenvalue weighted by molar-refractivity contribution is -0.0887. The molecule has 0 aliphatic heterocycles. The molecule has 0 radical (unpaired) electrons. The summed E-state index contributed by atoms with van der Waals surface area (Å²) in [5.41, 5.74) is 2.48. The average Bonchev–Trinajstić information content (AvgIpc) is 2.76. The molecule has 0 aromatic rings. The lowest BCUT2D eigenvalue weighted by Gasteiger charge is -2.57. The molecule has 0 aromatic carbocycles. The van der Waals surface area contributed by atoms with E-state index in [1.165, 1.54) is 11.1 Å². The van der Waals surface area contributed by atoms with Gasteiger partial charge in [0.1, 0.15) is 0 Å². The molecule has 0 saturated heterocycles. The Balaban J connectivity index is 1.68. The first-order valence-electron chi connectivity index (χ1n) is 8.72. The molecule has 2 heteroatoms. The molecule has 0 spiro atoms. The number of hydrogen-bond acceptors (Lipinski definition) is 2. The second-order valence-electron chi connectivity index (χ2n) is 8.24. The molecule has 6 unspecified atom stereocenters. The summed E-state index contributed by atoms with van der Waals surface area (Å²) in [6, 6.07) is 0. The van der Waals surface area contributed by atoms with Crippen LogP contribution in [0.2, 0.25) is 0 Å². The van der Waals surface area contributed by atoms with E-state index in [1.807, 2.05) is 0 Å². The van der Waals surface area contributed by atoms with E-state index >= 15 is 0 Å². The molecule has 4 aliphatic carbocycles. The minimum Gasteiger partial charge on any atom is -0.393 e. The lowest BCUT2D eigenvalue weighted by atomic mass is 9.49. The van der Waals surface area contributed by atoms with Crippen molar-refractivity contribution in [2.45, 2.75) is 70.5 Å². The van der Waals surface area contributed by atoms with Crippen molar-refractivity contribution in [3.05, 3.63) is 23.3 Å². The average molecular weight is 288 g/mol. The van der Waals surface area contributed by atoms with Gasteiger partial charge in [-0.2, -0.15) is 0 Å². The van der Waals surface area contributed by atoms with Gasteiger partial charge in [-0.05, 0) is 80.6 Å². The van der Waals surface area contributed by atoms with Crippen LogP contribution in [0.15, 0.2) is 23.3 Å². The van der Waals surface area contributed by atoms with Crippen molar-refractivity contribution in [2.75, 3.05) is 0 Å². The molecular formula is C19H28O2. The van der Waals surface area contributed by atoms with E-state index in [4.69, 9.17) is 0 Å². The third-order valence-electron chi connectivity index (χ3n) is 7.49. The van der Waals surface area contributed by atoms with Gasteiger partial charge in [0.25, 0.3) is 0 Å². The predicted octanol–water partition coefficient (Wildman–Crippen LogP) is 3.59. The molecule has 116 valence electrons. The Bertz CT molecular complexity index is 520. The van der Waals surface area contributed by atoms with Crippen molar-refractivity contribution in [2.24, 2.45) is 23.2 Å². The van der Waals surface area contributed by atoms with E-state index in [0.717, 1.165) is 44.9 Å². The molecule has 0 aromatic heterocycles. The van der Waals surface area contributed by atoms with Crippen LogP contribution in [0.1, 0.15) is 58.8 Å². The quantitative estimate of drug-likeness (QED) is 0.669. The highest BCUT2D eigenvalue weighted by atomic mass is 16.3. The summed E-state index contributed by atoms with van der Waals surface area (Å²) in [6.07, 6.45) is 11.8. The van der Waals surface area contributed by atoms with Gasteiger partial charge in [0.05, 0.1) is 11.7 Å². The topological polar surface area (TPSA) is 40.5 Å². The zero-order valence-electron chi connectivity index (χ0n) is 13.3. The lowest BCUT2D eigenvalue weighted by Crippen LogP contribution is -2.53. The molecular weight excluding hydrogens is 260 g/mol. The summed E-state index contributed by atoms with van der Waals surface area (Å²) in [7, 11) is 0. The first-order valence-corrected chi connectivity index (χ1v) is 8.72. The normalized spacial score (nSPS) is 52.4. The van der Waals surface area contributed by atoms with Gasteiger partial charge >= 0.3 is 0 Å². The maximum absolute atomic E-state index is 11.1. The zero-order chi connectivity index (χ0) is 14.8. The van der Waals surface area contributed by atoms with Crippen molar-refractivity contribution in [1.29, 1.82) is 0 Å². The fraction of sp³-hybridized carbons (Fsp3) is 0.789. The summed E-state index contributed by atoms with van der Waals surface area (Å²) in [6.45, 7) is 4.55. The van der Waals surface area contributed by atoms with Crippen LogP contribution in [0.4, 0.5) is 0 Å². The first kappa shape index (κ1) is 14.0. The van der Waals surface area contributed by atoms with E-state index in [0.29, 0.717) is 17.8 Å². The fourth-order valence-corrected chi connectivity index (χ4v) is 6.10. The number of fused-ring (bicyclic) bond motifs is 5. The first-order chi connectivity index (χ1) is 9.95. The van der Waals surface area contributed by atoms with Gasteiger partial charge in [0.2, 0.25) is 0 Å². The van der Waals surface area contributed by atoms with Gasteiger partial charge in [0.15, 0.2) is 0 Å². The number of allylic oxidation sites excluding steroid dienone is 2. The Hall–Kier alpha value is -0.600. The summed E-state index contributed by atoms with van der Waals surface area (Å²) in [4.78, 5) is 0. The van der Waals surface area contributed by atoms with Crippen LogP contribution in [0, 0.1) is 23.2 Å². The van der Waals surface area contributed by atoms with E-state index in [1.54, 1.807) is 0 Å². The highest BCUT2D eigenvalue weighted by Gasteiger charge is 2.57. The Labute approximate surface area is 127 Å². The smallest absolute Gasteiger partial charge is 0.0888 e. The summed E-state index contributed by atoms with van der Waals surface area (Å²) in [5, 5.41) is 21.1. The van der Waals surface area contributed by atoms with Crippen LogP contribution in [0.5, 0.6) is 0 Å². The minimum absolute atomic E-state index is 0.128. The van der Waals surface area contributed by atoms with Gasteiger partial charge in [-0.25, -0.2) is 0 Å². The maximum Gasteiger partial charge on any atom is 0.0888 e. The van der Waals surface area contributed by atoms with Crippen LogP contribution in [0.25, 0.3) is 0 Å². The second kappa shape index (κ2) is 4.45. The molecule has 2 N–H and O–H groups in total. The summed E-state index contributed by atoms with van der Waals surface area (Å²) in [5.74, 6) is 1.76. The molecule has 4 aliphatic rings. The van der Waals surface area contributed by atoms with Crippen LogP contribution < -0.4 is 0 Å². The van der Waals surface area contributed by atoms with E-state index < -0.39 is 5.60 Å². The molecule has 2 fully saturated rings. The van der Waals surface area contributed by atoms with Gasteiger partial charge < -0.3 is 10.2 Å². The van der Waals surface area contributed by atoms with Gasteiger partial charge in [-0.3, -0.25) is 0 Å². The molecule has 4 rings (SSSR count). The molecule has 6 atom stereocenters. The maximum atomic E-state index is 11.1. The van der Waals surface area contributed by atoms with Crippen molar-refractivity contribution >= 4 is 0 Å². The van der Waals surface area contributed by atoms with Gasteiger partial charge in [0, 0.05) is 0 Å². The molecule has 2 saturated carbocycles. The van der Waals surface area contributed by atoms with Crippen molar-refractivity contribution in [3.63, 3.8) is 0 Å². The third-order valence-corrected chi connectivity index (χ3v) is 7.49. The largest absolute Gasteiger partial charge is 0.393 e. The SMILES string of the molecule is CC1=CCC2C3CC=C4CC(O)CCC4(C)C3CCC12O. The Kier molecular flexibility index (Phi) is 2.97. The van der Waals surface area contributed by atoms with Gasteiger partial charge in [-0.1, -0.05) is 24.6 Å². The number of rotatable bonds is 0. The van der Waals surface area contributed by atoms with Crippen molar-refractivity contribution < 1.29 is 10.2 Å². The summed E-state index contributed by atoms with van der Waals surface area (Å²) >= 11 is 0. The standard InChI is InChI=1S/C19H28O2/c1-12-3-6-17-15-5-4-13-11-14(20)7-9-18(13,2)16(15)8-10-19(12,17)21/h3-4,14-17,20-21H,5-11H2,1-2H3. The fourth-order valence-electron chi connectivity index (χ4n) is 6.10. The second-order valence-corrected chi connectivity index (χ2v) is 8.24. The Morgan fingerprint density at radius 2 is 1.90 bits per heavy atom. The molecule has 0 amide bonds. The van der Waals surface area contributed by atoms with Crippen LogP contribution in [-0.2, 0) is 0 Å². The number of aliphatic hydroxyl groups excluding tert-OH is 1. The summed E-state index contributed by atoms with van der Waals surface area (Å²) < 4.78 is 0. The Morgan fingerprint density at radius 1 is 1.10 bits per heavy atom. The molecule has 0 bridgehead atoms. The van der Waals surface area contributed by atoms with Crippen molar-refractivity contribution in [3.8, 4) is 0 Å². The highest BCUT2D eigenvalue weighted by Crippen LogP contribution is 2.62. The van der Waals surface area contributed by atoms with E-state index in [9.17, 15) is 10.2 Å². The van der Waals surface area contributed by atoms with Crippen molar-refractivity contribution in [1.82, 2.24) is 0 Å². The minimum atomic E-state index is -0.517. The monoisotopic (exact) mass is 288 g/mol. The molecule has 21 heavy (non-hydrogen) atoms. The predicted molar refractivity (Wildman–Crippen MR) is 83.7 cm³/mol. The molecule has 0 heterocycles. The zero-order valence-corrected chi connectivity index (χ0v) is 13.3. The van der Waals surface area contributed by atoms with Crippen LogP contribution in [0.3, 0.4) is 0 Å². The highest BCUT2D eigenvalue weighted by molar-refractivity contribution is 5.30. The van der Waals surface area contributed by atoms with E-state index in [2.05, 4.69) is 26.0 Å². The van der Waals surface area contributed by atoms with E-state index in [-0.39, 0.29) is 11.5 Å². The van der Waals surface area contributed by atoms with Crippen LogP contribution >= 0.6 is 0 Å². The molecule has 2 nitrogen and oxygen atoms in total. The third kappa shape index (κ3) is 1.78. The number of aliphatic hydroxyl groups is 2.